The molecule has 0 fully saturated rings. The number of esters is 1. The Morgan fingerprint density at radius 1 is 1.06 bits per heavy atom. The van der Waals surface area contributed by atoms with E-state index in [4.69, 9.17) is 9.47 Å². The first-order chi connectivity index (χ1) is 14.7. The number of amides is 3. The van der Waals surface area contributed by atoms with Crippen LogP contribution in [0.3, 0.4) is 0 Å². The molecule has 0 aliphatic carbocycles. The lowest BCUT2D eigenvalue weighted by atomic mass is 10.1. The summed E-state index contributed by atoms with van der Waals surface area (Å²) in [6.07, 6.45) is 0. The van der Waals surface area contributed by atoms with E-state index in [-0.39, 0.29) is 17.7 Å². The lowest BCUT2D eigenvalue weighted by molar-refractivity contribution is -0.154. The fourth-order valence-corrected chi connectivity index (χ4v) is 3.37. The second-order valence-corrected chi connectivity index (χ2v) is 7.37. The number of benzene rings is 2. The predicted octanol–water partition coefficient (Wildman–Crippen LogP) is 2.19. The molecule has 31 heavy (non-hydrogen) atoms. The summed E-state index contributed by atoms with van der Waals surface area (Å²) in [6, 6.07) is 11.0. The molecule has 0 radical (unpaired) electrons. The highest BCUT2D eigenvalue weighted by Gasteiger charge is 2.41. The van der Waals surface area contributed by atoms with Gasteiger partial charge < -0.3 is 14.4 Å². The fourth-order valence-electron chi connectivity index (χ4n) is 3.37. The number of nitrogens with zero attached hydrogens (tertiary/aromatic N) is 2. The quantitative estimate of drug-likeness (QED) is 0.500. The van der Waals surface area contributed by atoms with E-state index in [0.717, 1.165) is 16.0 Å². The number of para-hydroxylation sites is 1. The van der Waals surface area contributed by atoms with Crippen molar-refractivity contribution >= 4 is 23.7 Å². The van der Waals surface area contributed by atoms with Gasteiger partial charge in [0, 0.05) is 19.2 Å². The number of fused-ring (bicyclic) bond motifs is 1. The van der Waals surface area contributed by atoms with Gasteiger partial charge in [0.25, 0.3) is 17.7 Å². The number of carbonyl (C=O) groups is 4. The Hall–Kier alpha value is -3.68. The number of aryl methyl sites for hydroxylation is 1. The van der Waals surface area contributed by atoms with E-state index < -0.39 is 36.3 Å². The molecular formula is C23H24N2O6. The Kier molecular flexibility index (Phi) is 6.39. The summed E-state index contributed by atoms with van der Waals surface area (Å²) in [4.78, 5) is 52.4. The van der Waals surface area contributed by atoms with Gasteiger partial charge in [-0.2, -0.15) is 0 Å². The van der Waals surface area contributed by atoms with E-state index in [2.05, 4.69) is 0 Å². The molecule has 0 N–H and O–H groups in total. The summed E-state index contributed by atoms with van der Waals surface area (Å²) in [7, 11) is 3.13. The SMILES string of the molecule is COc1ccccc1CN(C)C(=O)COC(=O)[C@H](C)N1C(=O)c2ccc(C)cc2C1=O. The molecule has 3 rings (SSSR count). The number of rotatable bonds is 7. The highest BCUT2D eigenvalue weighted by molar-refractivity contribution is 6.22. The molecular weight excluding hydrogens is 400 g/mol. The maximum atomic E-state index is 12.6. The molecule has 1 aliphatic heterocycles. The van der Waals surface area contributed by atoms with Crippen molar-refractivity contribution in [3.05, 3.63) is 64.7 Å². The molecule has 162 valence electrons. The van der Waals surface area contributed by atoms with Gasteiger partial charge in [-0.3, -0.25) is 19.3 Å². The van der Waals surface area contributed by atoms with Crippen LogP contribution in [0.25, 0.3) is 0 Å². The minimum atomic E-state index is -1.15. The largest absolute Gasteiger partial charge is 0.496 e. The van der Waals surface area contributed by atoms with Crippen molar-refractivity contribution < 1.29 is 28.7 Å². The van der Waals surface area contributed by atoms with Crippen molar-refractivity contribution in [2.75, 3.05) is 20.8 Å². The summed E-state index contributed by atoms with van der Waals surface area (Å²) < 4.78 is 10.4. The van der Waals surface area contributed by atoms with Crippen LogP contribution in [-0.4, -0.2) is 60.3 Å². The third-order valence-electron chi connectivity index (χ3n) is 5.17. The zero-order chi connectivity index (χ0) is 22.7. The molecule has 1 atom stereocenters. The zero-order valence-electron chi connectivity index (χ0n) is 17.9. The molecule has 0 aromatic heterocycles. The first-order valence-corrected chi connectivity index (χ1v) is 9.75. The van der Waals surface area contributed by atoms with E-state index in [0.29, 0.717) is 5.75 Å². The molecule has 0 spiro atoms. The molecule has 2 aromatic rings. The Morgan fingerprint density at radius 2 is 1.74 bits per heavy atom. The van der Waals surface area contributed by atoms with Gasteiger partial charge in [0.1, 0.15) is 11.8 Å². The van der Waals surface area contributed by atoms with E-state index in [1.165, 1.54) is 11.8 Å². The van der Waals surface area contributed by atoms with Crippen molar-refractivity contribution in [3.63, 3.8) is 0 Å². The molecule has 0 unspecified atom stereocenters. The van der Waals surface area contributed by atoms with Gasteiger partial charge >= 0.3 is 5.97 Å². The fraction of sp³-hybridized carbons (Fsp3) is 0.304. The second kappa shape index (κ2) is 8.99. The molecule has 3 amide bonds. The van der Waals surface area contributed by atoms with Gasteiger partial charge in [-0.25, -0.2) is 4.79 Å². The number of carbonyl (C=O) groups excluding carboxylic acids is 4. The van der Waals surface area contributed by atoms with Gasteiger partial charge in [-0.05, 0) is 32.0 Å². The molecule has 8 nitrogen and oxygen atoms in total. The highest BCUT2D eigenvalue weighted by Crippen LogP contribution is 2.26. The van der Waals surface area contributed by atoms with Crippen molar-refractivity contribution in [3.8, 4) is 5.75 Å². The van der Waals surface area contributed by atoms with E-state index in [1.807, 2.05) is 25.1 Å². The van der Waals surface area contributed by atoms with Gasteiger partial charge in [-0.1, -0.05) is 29.8 Å². The monoisotopic (exact) mass is 424 g/mol. The lowest BCUT2D eigenvalue weighted by Crippen LogP contribution is -2.44. The van der Waals surface area contributed by atoms with E-state index >= 15 is 0 Å². The zero-order valence-corrected chi connectivity index (χ0v) is 17.9. The standard InChI is InChI=1S/C23H24N2O6/c1-14-9-10-17-18(11-14)22(28)25(21(17)27)15(2)23(29)31-13-20(26)24(3)12-16-7-5-6-8-19(16)30-4/h5-11,15H,12-13H2,1-4H3/t15-/m0/s1. The molecule has 0 bridgehead atoms. The maximum absolute atomic E-state index is 12.6. The Labute approximate surface area is 180 Å². The van der Waals surface area contributed by atoms with Crippen LogP contribution < -0.4 is 4.74 Å². The average molecular weight is 424 g/mol. The first-order valence-electron chi connectivity index (χ1n) is 9.75. The lowest BCUT2D eigenvalue weighted by Gasteiger charge is -2.22. The van der Waals surface area contributed by atoms with Crippen LogP contribution in [0, 0.1) is 6.92 Å². The third-order valence-corrected chi connectivity index (χ3v) is 5.17. The smallest absolute Gasteiger partial charge is 0.329 e. The molecule has 0 saturated carbocycles. The first kappa shape index (κ1) is 22.0. The molecule has 8 heteroatoms. The molecule has 1 aliphatic rings. The number of ether oxygens (including phenoxy) is 2. The Morgan fingerprint density at radius 3 is 2.45 bits per heavy atom. The maximum Gasteiger partial charge on any atom is 0.329 e. The topological polar surface area (TPSA) is 93.2 Å². The minimum Gasteiger partial charge on any atom is -0.496 e. The van der Waals surface area contributed by atoms with Crippen LogP contribution in [0.5, 0.6) is 5.75 Å². The highest BCUT2D eigenvalue weighted by atomic mass is 16.5. The van der Waals surface area contributed by atoms with Crippen LogP contribution in [0.2, 0.25) is 0 Å². The van der Waals surface area contributed by atoms with Crippen LogP contribution in [0.15, 0.2) is 42.5 Å². The van der Waals surface area contributed by atoms with Crippen molar-refractivity contribution in [2.24, 2.45) is 0 Å². The van der Waals surface area contributed by atoms with Crippen molar-refractivity contribution in [2.45, 2.75) is 26.4 Å². The minimum absolute atomic E-state index is 0.253. The Balaban J connectivity index is 1.59. The molecule has 0 saturated heterocycles. The number of methoxy groups -OCH3 is 1. The number of likely N-dealkylation sites (N-methyl/N-ethyl adjacent to an activating group) is 1. The summed E-state index contributed by atoms with van der Waals surface area (Å²) in [5.74, 6) is -1.71. The predicted molar refractivity (Wildman–Crippen MR) is 112 cm³/mol. The normalized spacial score (nSPS) is 13.6. The molecule has 1 heterocycles. The number of hydrogen-bond acceptors (Lipinski definition) is 6. The van der Waals surface area contributed by atoms with Crippen LogP contribution >= 0.6 is 0 Å². The van der Waals surface area contributed by atoms with Gasteiger partial charge in [0.05, 0.1) is 18.2 Å². The van der Waals surface area contributed by atoms with Crippen molar-refractivity contribution in [1.29, 1.82) is 0 Å². The van der Waals surface area contributed by atoms with Crippen LogP contribution in [0.4, 0.5) is 0 Å². The van der Waals surface area contributed by atoms with Crippen LogP contribution in [-0.2, 0) is 20.9 Å². The van der Waals surface area contributed by atoms with E-state index in [9.17, 15) is 19.2 Å². The summed E-state index contributed by atoms with van der Waals surface area (Å²) in [5, 5.41) is 0. The summed E-state index contributed by atoms with van der Waals surface area (Å²) in [6.45, 7) is 2.98. The van der Waals surface area contributed by atoms with Gasteiger partial charge in [-0.15, -0.1) is 0 Å². The molecule has 2 aromatic carbocycles. The number of imide groups is 1. The van der Waals surface area contributed by atoms with E-state index in [1.54, 1.807) is 38.4 Å². The summed E-state index contributed by atoms with van der Waals surface area (Å²) in [5.41, 5.74) is 2.16. The van der Waals surface area contributed by atoms with Gasteiger partial charge in [0.2, 0.25) is 0 Å². The average Bonchev–Trinajstić information content (AvgIpc) is 3.00. The van der Waals surface area contributed by atoms with Crippen LogP contribution in [0.1, 0.15) is 38.8 Å². The second-order valence-electron chi connectivity index (χ2n) is 7.37. The number of hydrogen-bond donors (Lipinski definition) is 0. The summed E-state index contributed by atoms with van der Waals surface area (Å²) >= 11 is 0. The Bertz CT molecular complexity index is 1050. The van der Waals surface area contributed by atoms with Gasteiger partial charge in [0.15, 0.2) is 6.61 Å². The van der Waals surface area contributed by atoms with Crippen molar-refractivity contribution in [1.82, 2.24) is 9.80 Å². The third kappa shape index (κ3) is 4.42.